The van der Waals surface area contributed by atoms with E-state index >= 15 is 0 Å². The molecule has 0 aliphatic heterocycles. The molecule has 17 heavy (non-hydrogen) atoms. The highest BCUT2D eigenvalue weighted by atomic mass is 16.5. The van der Waals surface area contributed by atoms with Crippen molar-refractivity contribution in [3.63, 3.8) is 0 Å². The maximum atomic E-state index is 11.1. The van der Waals surface area contributed by atoms with E-state index in [4.69, 9.17) is 0 Å². The predicted molar refractivity (Wildman–Crippen MR) is 61.8 cm³/mol. The SMILES string of the molecule is COC(=O)Cc1cn(-c2ccc(C)cn2)cn1. The first-order valence-electron chi connectivity index (χ1n) is 5.22. The Morgan fingerprint density at radius 2 is 2.24 bits per heavy atom. The quantitative estimate of drug-likeness (QED) is 0.747. The third kappa shape index (κ3) is 2.69. The van der Waals surface area contributed by atoms with Crippen molar-refractivity contribution in [1.29, 1.82) is 0 Å². The average molecular weight is 231 g/mol. The third-order valence-corrected chi connectivity index (χ3v) is 2.35. The molecular formula is C12H13N3O2. The fourth-order valence-corrected chi connectivity index (χ4v) is 1.41. The lowest BCUT2D eigenvalue weighted by molar-refractivity contribution is -0.139. The zero-order valence-electron chi connectivity index (χ0n) is 9.75. The summed E-state index contributed by atoms with van der Waals surface area (Å²) < 4.78 is 6.36. The van der Waals surface area contributed by atoms with Crippen LogP contribution < -0.4 is 0 Å². The van der Waals surface area contributed by atoms with E-state index in [1.807, 2.05) is 19.1 Å². The Morgan fingerprint density at radius 3 is 2.88 bits per heavy atom. The van der Waals surface area contributed by atoms with E-state index in [1.165, 1.54) is 7.11 Å². The molecule has 0 fully saturated rings. The molecule has 0 saturated carbocycles. The number of carbonyl (C=O) groups excluding carboxylic acids is 1. The van der Waals surface area contributed by atoms with Crippen LogP contribution >= 0.6 is 0 Å². The van der Waals surface area contributed by atoms with Gasteiger partial charge in [-0.1, -0.05) is 6.07 Å². The van der Waals surface area contributed by atoms with Gasteiger partial charge in [-0.15, -0.1) is 0 Å². The number of aryl methyl sites for hydroxylation is 1. The molecule has 5 heteroatoms. The number of imidazole rings is 1. The van der Waals surface area contributed by atoms with Crippen LogP contribution in [-0.4, -0.2) is 27.6 Å². The molecule has 2 aromatic heterocycles. The van der Waals surface area contributed by atoms with Crippen molar-refractivity contribution in [2.75, 3.05) is 7.11 Å². The van der Waals surface area contributed by atoms with Gasteiger partial charge < -0.3 is 4.74 Å². The van der Waals surface area contributed by atoms with Crippen molar-refractivity contribution in [3.05, 3.63) is 42.1 Å². The maximum Gasteiger partial charge on any atom is 0.311 e. The summed E-state index contributed by atoms with van der Waals surface area (Å²) in [5.41, 5.74) is 1.77. The summed E-state index contributed by atoms with van der Waals surface area (Å²) >= 11 is 0. The van der Waals surface area contributed by atoms with Gasteiger partial charge in [0.15, 0.2) is 0 Å². The van der Waals surface area contributed by atoms with Gasteiger partial charge in [-0.05, 0) is 18.6 Å². The van der Waals surface area contributed by atoms with E-state index in [1.54, 1.807) is 23.3 Å². The van der Waals surface area contributed by atoms with Gasteiger partial charge in [-0.3, -0.25) is 9.36 Å². The van der Waals surface area contributed by atoms with Crippen LogP contribution in [0.4, 0.5) is 0 Å². The molecule has 0 unspecified atom stereocenters. The molecule has 0 atom stereocenters. The number of hydrogen-bond donors (Lipinski definition) is 0. The minimum absolute atomic E-state index is 0.176. The molecule has 88 valence electrons. The number of nitrogens with zero attached hydrogens (tertiary/aromatic N) is 3. The van der Waals surface area contributed by atoms with Crippen molar-refractivity contribution in [1.82, 2.24) is 14.5 Å². The van der Waals surface area contributed by atoms with E-state index in [0.29, 0.717) is 5.69 Å². The van der Waals surface area contributed by atoms with Gasteiger partial charge in [0, 0.05) is 12.4 Å². The molecule has 0 aromatic carbocycles. The maximum absolute atomic E-state index is 11.1. The van der Waals surface area contributed by atoms with Crippen LogP contribution in [0.1, 0.15) is 11.3 Å². The second-order valence-corrected chi connectivity index (χ2v) is 3.72. The van der Waals surface area contributed by atoms with Gasteiger partial charge in [0.1, 0.15) is 12.1 Å². The number of rotatable bonds is 3. The van der Waals surface area contributed by atoms with Crippen molar-refractivity contribution in [2.24, 2.45) is 0 Å². The van der Waals surface area contributed by atoms with Crippen LogP contribution in [0, 0.1) is 6.92 Å². The Hall–Kier alpha value is -2.17. The fraction of sp³-hybridized carbons (Fsp3) is 0.250. The predicted octanol–water partition coefficient (Wildman–Crippen LogP) is 1.29. The molecule has 0 aliphatic carbocycles. The Bertz CT molecular complexity index is 517. The summed E-state index contributed by atoms with van der Waals surface area (Å²) in [5, 5.41) is 0. The molecule has 0 radical (unpaired) electrons. The second-order valence-electron chi connectivity index (χ2n) is 3.72. The third-order valence-electron chi connectivity index (χ3n) is 2.35. The number of ether oxygens (including phenoxy) is 1. The number of aromatic nitrogens is 3. The zero-order valence-corrected chi connectivity index (χ0v) is 9.75. The van der Waals surface area contributed by atoms with E-state index in [-0.39, 0.29) is 12.4 Å². The summed E-state index contributed by atoms with van der Waals surface area (Å²) in [6.45, 7) is 1.98. The van der Waals surface area contributed by atoms with Gasteiger partial charge in [0.25, 0.3) is 0 Å². The lowest BCUT2D eigenvalue weighted by Crippen LogP contribution is -2.04. The lowest BCUT2D eigenvalue weighted by Gasteiger charge is -2.00. The largest absolute Gasteiger partial charge is 0.469 e. The minimum Gasteiger partial charge on any atom is -0.469 e. The Labute approximate surface area is 99.1 Å². The molecule has 0 N–H and O–H groups in total. The minimum atomic E-state index is -0.299. The normalized spacial score (nSPS) is 10.2. The summed E-state index contributed by atoms with van der Waals surface area (Å²) in [6, 6.07) is 3.88. The van der Waals surface area contributed by atoms with Crippen LogP contribution in [0.2, 0.25) is 0 Å². The fourth-order valence-electron chi connectivity index (χ4n) is 1.41. The Kier molecular flexibility index (Phi) is 3.18. The molecule has 0 amide bonds. The summed E-state index contributed by atoms with van der Waals surface area (Å²) in [7, 11) is 1.36. The van der Waals surface area contributed by atoms with Gasteiger partial charge >= 0.3 is 5.97 Å². The Balaban J connectivity index is 2.18. The molecule has 0 aliphatic rings. The van der Waals surface area contributed by atoms with E-state index < -0.39 is 0 Å². The van der Waals surface area contributed by atoms with Gasteiger partial charge in [0.05, 0.1) is 19.2 Å². The number of methoxy groups -OCH3 is 1. The molecule has 0 saturated heterocycles. The topological polar surface area (TPSA) is 57.0 Å². The number of pyridine rings is 1. The van der Waals surface area contributed by atoms with Crippen LogP contribution in [-0.2, 0) is 16.0 Å². The summed E-state index contributed by atoms with van der Waals surface area (Å²) in [4.78, 5) is 19.5. The monoisotopic (exact) mass is 231 g/mol. The highest BCUT2D eigenvalue weighted by molar-refractivity contribution is 5.71. The molecule has 2 heterocycles. The summed E-state index contributed by atoms with van der Waals surface area (Å²) in [5.74, 6) is 0.478. The molecule has 2 aromatic rings. The van der Waals surface area contributed by atoms with Crippen LogP contribution in [0.5, 0.6) is 0 Å². The lowest BCUT2D eigenvalue weighted by atomic mass is 10.3. The molecule has 5 nitrogen and oxygen atoms in total. The van der Waals surface area contributed by atoms with Crippen molar-refractivity contribution >= 4 is 5.97 Å². The van der Waals surface area contributed by atoms with E-state index in [0.717, 1.165) is 11.4 Å². The first-order valence-corrected chi connectivity index (χ1v) is 5.22. The van der Waals surface area contributed by atoms with Crippen LogP contribution in [0.15, 0.2) is 30.9 Å². The van der Waals surface area contributed by atoms with E-state index in [2.05, 4.69) is 14.7 Å². The standard InChI is InChI=1S/C12H13N3O2/c1-9-3-4-11(13-6-9)15-7-10(14-8-15)5-12(16)17-2/h3-4,6-8H,5H2,1-2H3. The number of carbonyl (C=O) groups is 1. The molecule has 0 spiro atoms. The van der Waals surface area contributed by atoms with Crippen LogP contribution in [0.3, 0.4) is 0 Å². The van der Waals surface area contributed by atoms with Gasteiger partial charge in [-0.2, -0.15) is 0 Å². The number of esters is 1. The van der Waals surface area contributed by atoms with Gasteiger partial charge in [0.2, 0.25) is 0 Å². The van der Waals surface area contributed by atoms with Crippen molar-refractivity contribution in [3.8, 4) is 5.82 Å². The van der Waals surface area contributed by atoms with Crippen molar-refractivity contribution < 1.29 is 9.53 Å². The Morgan fingerprint density at radius 1 is 1.41 bits per heavy atom. The highest BCUT2D eigenvalue weighted by Crippen LogP contribution is 2.07. The van der Waals surface area contributed by atoms with Crippen LogP contribution in [0.25, 0.3) is 5.82 Å². The van der Waals surface area contributed by atoms with Gasteiger partial charge in [-0.25, -0.2) is 9.97 Å². The molecular weight excluding hydrogens is 218 g/mol. The molecule has 0 bridgehead atoms. The van der Waals surface area contributed by atoms with E-state index in [9.17, 15) is 4.79 Å². The first kappa shape index (κ1) is 11.3. The second kappa shape index (κ2) is 4.78. The zero-order chi connectivity index (χ0) is 12.3. The average Bonchev–Trinajstić information content (AvgIpc) is 2.78. The van der Waals surface area contributed by atoms with Crippen molar-refractivity contribution in [2.45, 2.75) is 13.3 Å². The summed E-state index contributed by atoms with van der Waals surface area (Å²) in [6.07, 6.45) is 5.37. The number of hydrogen-bond acceptors (Lipinski definition) is 4. The highest BCUT2D eigenvalue weighted by Gasteiger charge is 2.07. The smallest absolute Gasteiger partial charge is 0.311 e. The first-order chi connectivity index (χ1) is 8.19. The molecule has 2 rings (SSSR count).